The van der Waals surface area contributed by atoms with Crippen molar-refractivity contribution in [2.24, 2.45) is 0 Å². The molecule has 1 aliphatic heterocycles. The van der Waals surface area contributed by atoms with Crippen molar-refractivity contribution in [1.29, 1.82) is 0 Å². The smallest absolute Gasteiger partial charge is 0.266 e. The third-order valence-corrected chi connectivity index (χ3v) is 6.85. The number of thiocarbonyl (C=S) groups is 1. The Kier molecular flexibility index (Phi) is 7.60. The van der Waals surface area contributed by atoms with Gasteiger partial charge in [-0.1, -0.05) is 96.2 Å². The minimum absolute atomic E-state index is 0.0977. The van der Waals surface area contributed by atoms with Crippen LogP contribution in [0.4, 0.5) is 5.69 Å². The number of hydrogen-bond donors (Lipinski definition) is 1. The topological polar surface area (TPSA) is 49.4 Å². The molecule has 1 heterocycles. The number of rotatable bonds is 7. The van der Waals surface area contributed by atoms with Crippen LogP contribution in [0.15, 0.2) is 83.8 Å². The number of halogens is 1. The Bertz CT molecular complexity index is 1210. The first-order chi connectivity index (χ1) is 16.0. The van der Waals surface area contributed by atoms with Crippen molar-refractivity contribution < 1.29 is 9.59 Å². The van der Waals surface area contributed by atoms with Gasteiger partial charge < -0.3 is 5.32 Å². The fourth-order valence-corrected chi connectivity index (χ4v) is 4.91. The third-order valence-electron chi connectivity index (χ3n) is 5.13. The van der Waals surface area contributed by atoms with Crippen LogP contribution in [0.3, 0.4) is 0 Å². The van der Waals surface area contributed by atoms with Crippen molar-refractivity contribution in [2.75, 3.05) is 11.9 Å². The van der Waals surface area contributed by atoms with E-state index in [1.54, 1.807) is 17.0 Å². The molecule has 0 aliphatic carbocycles. The average molecular weight is 493 g/mol. The summed E-state index contributed by atoms with van der Waals surface area (Å²) >= 11 is 12.8. The van der Waals surface area contributed by atoms with Crippen molar-refractivity contribution in [2.45, 2.75) is 12.8 Å². The lowest BCUT2D eigenvalue weighted by Crippen LogP contribution is -2.29. The molecule has 0 saturated carbocycles. The number of carbonyl (C=O) groups is 2. The SMILES string of the molecule is O=C(CCCN1C(=O)C(=Cc2ccccc2Cl)SC1=S)Nc1ccc(-c2ccccc2)cc1. The number of amides is 2. The highest BCUT2D eigenvalue weighted by atomic mass is 35.5. The van der Waals surface area contributed by atoms with Crippen LogP contribution >= 0.6 is 35.6 Å². The molecule has 33 heavy (non-hydrogen) atoms. The van der Waals surface area contributed by atoms with Crippen LogP contribution in [0.1, 0.15) is 18.4 Å². The number of carbonyl (C=O) groups excluding carboxylic acids is 2. The van der Waals surface area contributed by atoms with Gasteiger partial charge in [-0.15, -0.1) is 0 Å². The molecule has 4 nitrogen and oxygen atoms in total. The van der Waals surface area contributed by atoms with Gasteiger partial charge in [-0.25, -0.2) is 0 Å². The van der Waals surface area contributed by atoms with Gasteiger partial charge in [0.15, 0.2) is 0 Å². The van der Waals surface area contributed by atoms with Crippen LogP contribution in [0, 0.1) is 0 Å². The van der Waals surface area contributed by atoms with Gasteiger partial charge in [0.1, 0.15) is 4.32 Å². The zero-order chi connectivity index (χ0) is 23.2. The molecule has 4 rings (SSSR count). The molecule has 7 heteroatoms. The molecule has 0 unspecified atom stereocenters. The predicted molar refractivity (Wildman–Crippen MR) is 141 cm³/mol. The van der Waals surface area contributed by atoms with Crippen LogP contribution in [0.5, 0.6) is 0 Å². The molecule has 0 atom stereocenters. The van der Waals surface area contributed by atoms with E-state index >= 15 is 0 Å². The van der Waals surface area contributed by atoms with Crippen molar-refractivity contribution >= 4 is 63.5 Å². The summed E-state index contributed by atoms with van der Waals surface area (Å²) in [5, 5.41) is 3.49. The Balaban J connectivity index is 1.28. The minimum atomic E-state index is -0.151. The van der Waals surface area contributed by atoms with Gasteiger partial charge in [0.05, 0.1) is 4.91 Å². The molecule has 2 amide bonds. The Morgan fingerprint density at radius 2 is 1.64 bits per heavy atom. The minimum Gasteiger partial charge on any atom is -0.326 e. The quantitative estimate of drug-likeness (QED) is 0.297. The van der Waals surface area contributed by atoms with Crippen LogP contribution in [-0.4, -0.2) is 27.6 Å². The second-order valence-electron chi connectivity index (χ2n) is 7.45. The number of nitrogens with one attached hydrogen (secondary N) is 1. The van der Waals surface area contributed by atoms with E-state index in [-0.39, 0.29) is 11.8 Å². The van der Waals surface area contributed by atoms with Crippen LogP contribution < -0.4 is 5.32 Å². The molecule has 1 N–H and O–H groups in total. The zero-order valence-corrected chi connectivity index (χ0v) is 20.1. The highest BCUT2D eigenvalue weighted by Crippen LogP contribution is 2.33. The predicted octanol–water partition coefficient (Wildman–Crippen LogP) is 6.63. The normalized spacial score (nSPS) is 14.7. The summed E-state index contributed by atoms with van der Waals surface area (Å²) in [6, 6.07) is 25.2. The Labute approximate surface area is 207 Å². The van der Waals surface area contributed by atoms with E-state index < -0.39 is 0 Å². The average Bonchev–Trinajstić information content (AvgIpc) is 3.09. The summed E-state index contributed by atoms with van der Waals surface area (Å²) < 4.78 is 0.496. The van der Waals surface area contributed by atoms with E-state index in [1.807, 2.05) is 72.8 Å². The molecule has 1 aliphatic rings. The summed E-state index contributed by atoms with van der Waals surface area (Å²) in [5.74, 6) is -0.249. The number of benzene rings is 3. The Morgan fingerprint density at radius 1 is 0.970 bits per heavy atom. The lowest BCUT2D eigenvalue weighted by Gasteiger charge is -2.14. The first kappa shape index (κ1) is 23.2. The molecular formula is C26H21ClN2O2S2. The van der Waals surface area contributed by atoms with E-state index in [0.29, 0.717) is 33.6 Å². The summed E-state index contributed by atoms with van der Waals surface area (Å²) in [7, 11) is 0. The van der Waals surface area contributed by atoms with Gasteiger partial charge in [-0.05, 0) is 47.4 Å². The maximum Gasteiger partial charge on any atom is 0.266 e. The Morgan fingerprint density at radius 3 is 2.36 bits per heavy atom. The lowest BCUT2D eigenvalue weighted by molar-refractivity contribution is -0.122. The molecule has 1 fully saturated rings. The van der Waals surface area contributed by atoms with Crippen molar-refractivity contribution in [3.8, 4) is 11.1 Å². The van der Waals surface area contributed by atoms with Crippen molar-refractivity contribution in [3.63, 3.8) is 0 Å². The fourth-order valence-electron chi connectivity index (χ4n) is 3.42. The monoisotopic (exact) mass is 492 g/mol. The number of thioether (sulfide) groups is 1. The Hall–Kier alpha value is -2.93. The highest BCUT2D eigenvalue weighted by Gasteiger charge is 2.31. The summed E-state index contributed by atoms with van der Waals surface area (Å²) in [6.45, 7) is 0.394. The number of anilines is 1. The molecule has 166 valence electrons. The van der Waals surface area contributed by atoms with Gasteiger partial charge in [0.25, 0.3) is 5.91 Å². The summed E-state index contributed by atoms with van der Waals surface area (Å²) in [6.07, 6.45) is 2.56. The third kappa shape index (κ3) is 5.90. The van der Waals surface area contributed by atoms with Crippen LogP contribution in [-0.2, 0) is 9.59 Å². The van der Waals surface area contributed by atoms with Crippen molar-refractivity contribution in [1.82, 2.24) is 4.90 Å². The first-order valence-corrected chi connectivity index (χ1v) is 12.1. The van der Waals surface area contributed by atoms with Crippen LogP contribution in [0.25, 0.3) is 17.2 Å². The van der Waals surface area contributed by atoms with E-state index in [9.17, 15) is 9.59 Å². The molecule has 0 spiro atoms. The van der Waals surface area contributed by atoms with E-state index in [0.717, 1.165) is 22.4 Å². The van der Waals surface area contributed by atoms with Gasteiger partial charge in [0.2, 0.25) is 5.91 Å². The molecule has 1 saturated heterocycles. The maximum absolute atomic E-state index is 12.8. The second-order valence-corrected chi connectivity index (χ2v) is 9.53. The van der Waals surface area contributed by atoms with Crippen LogP contribution in [0.2, 0.25) is 5.02 Å². The molecule has 3 aromatic carbocycles. The molecule has 0 bridgehead atoms. The van der Waals surface area contributed by atoms with Gasteiger partial charge in [0, 0.05) is 23.7 Å². The standard InChI is InChI=1S/C26H21ClN2O2S2/c27-22-10-5-4-9-20(22)17-23-25(31)29(26(32)33-23)16-6-11-24(30)28-21-14-12-19(13-15-21)18-7-2-1-3-8-18/h1-5,7-10,12-15,17H,6,11,16H2,(H,28,30). The molecule has 0 aromatic heterocycles. The molecule has 3 aromatic rings. The molecular weight excluding hydrogens is 472 g/mol. The van der Waals surface area contributed by atoms with Crippen molar-refractivity contribution in [3.05, 3.63) is 94.4 Å². The summed E-state index contributed by atoms with van der Waals surface area (Å²) in [4.78, 5) is 27.2. The lowest BCUT2D eigenvalue weighted by atomic mass is 10.1. The largest absolute Gasteiger partial charge is 0.326 e. The van der Waals surface area contributed by atoms with Gasteiger partial charge >= 0.3 is 0 Å². The second kappa shape index (κ2) is 10.8. The fraction of sp³-hybridized carbons (Fsp3) is 0.115. The number of hydrogen-bond acceptors (Lipinski definition) is 4. The van der Waals surface area contributed by atoms with E-state index in [1.165, 1.54) is 11.8 Å². The zero-order valence-electron chi connectivity index (χ0n) is 17.7. The van der Waals surface area contributed by atoms with Gasteiger partial charge in [-0.3, -0.25) is 14.5 Å². The van der Waals surface area contributed by atoms with E-state index in [2.05, 4.69) is 5.32 Å². The van der Waals surface area contributed by atoms with Gasteiger partial charge in [-0.2, -0.15) is 0 Å². The summed E-state index contributed by atoms with van der Waals surface area (Å²) in [5.41, 5.74) is 3.74. The number of nitrogens with zero attached hydrogens (tertiary/aromatic N) is 1. The highest BCUT2D eigenvalue weighted by molar-refractivity contribution is 8.26. The first-order valence-electron chi connectivity index (χ1n) is 10.5. The van der Waals surface area contributed by atoms with E-state index in [4.69, 9.17) is 23.8 Å². The molecule has 0 radical (unpaired) electrons. The maximum atomic E-state index is 12.8.